The van der Waals surface area contributed by atoms with Gasteiger partial charge in [-0.05, 0) is 40.0 Å². The van der Waals surface area contributed by atoms with Crippen LogP contribution < -0.4 is 10.2 Å². The van der Waals surface area contributed by atoms with Crippen molar-refractivity contribution in [2.45, 2.75) is 26.3 Å². The van der Waals surface area contributed by atoms with Crippen LogP contribution in [0.4, 0.5) is 15.3 Å². The van der Waals surface area contributed by atoms with Gasteiger partial charge in [0.2, 0.25) is 10.1 Å². The van der Waals surface area contributed by atoms with E-state index in [-0.39, 0.29) is 11.4 Å². The number of nitrogens with zero attached hydrogens (tertiary/aromatic N) is 5. The van der Waals surface area contributed by atoms with Gasteiger partial charge in [-0.3, -0.25) is 0 Å². The van der Waals surface area contributed by atoms with Gasteiger partial charge in [0.15, 0.2) is 5.82 Å². The Morgan fingerprint density at radius 2 is 1.89 bits per heavy atom. The fraction of sp³-hybridized carbons (Fsp3) is 0.474. The molecule has 0 bridgehead atoms. The Hall–Kier alpha value is -2.19. The van der Waals surface area contributed by atoms with Crippen LogP contribution >= 0.6 is 11.3 Å². The van der Waals surface area contributed by atoms with E-state index in [1.165, 1.54) is 12.1 Å². The van der Waals surface area contributed by atoms with Gasteiger partial charge in [-0.1, -0.05) is 23.5 Å². The van der Waals surface area contributed by atoms with Crippen molar-refractivity contribution in [2.75, 3.05) is 43.4 Å². The van der Waals surface area contributed by atoms with E-state index in [4.69, 9.17) is 10.1 Å². The lowest BCUT2D eigenvalue weighted by Crippen LogP contribution is -2.44. The third kappa shape index (κ3) is 3.77. The number of imidazole rings is 1. The number of halogens is 1. The van der Waals surface area contributed by atoms with Crippen molar-refractivity contribution in [3.8, 4) is 11.3 Å². The average Bonchev–Trinajstić information content (AvgIpc) is 3.14. The maximum absolute atomic E-state index is 13.8. The van der Waals surface area contributed by atoms with Crippen LogP contribution in [0.1, 0.15) is 20.8 Å². The minimum absolute atomic E-state index is 0.171. The largest absolute Gasteiger partial charge is 0.364 e. The fourth-order valence-electron chi connectivity index (χ4n) is 3.17. The molecule has 0 amide bonds. The second kappa shape index (κ2) is 6.76. The molecular weight excluding hydrogens is 363 g/mol. The van der Waals surface area contributed by atoms with Gasteiger partial charge in [0.25, 0.3) is 0 Å². The summed E-state index contributed by atoms with van der Waals surface area (Å²) in [5.41, 5.74) is 1.31. The number of likely N-dealkylation sites (N-methyl/N-ethyl adjacent to an activating group) is 1. The number of anilines is 2. The standard InChI is InChI=1S/C19H25FN6S/c1-19(2,3)22-16-15(13-6-5-7-14(20)12-13)21-17-26(16)23-18(27-17)25-10-8-24(4)9-11-25/h5-7,12,22H,8-11H2,1-4H3. The van der Waals surface area contributed by atoms with E-state index in [9.17, 15) is 4.39 Å². The molecule has 8 heteroatoms. The molecule has 0 unspecified atom stereocenters. The Balaban J connectivity index is 1.77. The number of fused-ring (bicyclic) bond motifs is 1. The monoisotopic (exact) mass is 388 g/mol. The number of piperazine rings is 1. The van der Waals surface area contributed by atoms with Gasteiger partial charge in [0, 0.05) is 37.3 Å². The van der Waals surface area contributed by atoms with Crippen molar-refractivity contribution in [3.63, 3.8) is 0 Å². The Morgan fingerprint density at radius 1 is 1.15 bits per heavy atom. The molecule has 1 N–H and O–H groups in total. The van der Waals surface area contributed by atoms with E-state index in [0.29, 0.717) is 0 Å². The summed E-state index contributed by atoms with van der Waals surface area (Å²) in [6.45, 7) is 10.3. The molecule has 0 atom stereocenters. The van der Waals surface area contributed by atoms with Crippen molar-refractivity contribution >= 4 is 27.2 Å². The van der Waals surface area contributed by atoms with Gasteiger partial charge >= 0.3 is 0 Å². The van der Waals surface area contributed by atoms with Gasteiger partial charge in [0.1, 0.15) is 11.5 Å². The lowest BCUT2D eigenvalue weighted by molar-refractivity contribution is 0.312. The van der Waals surface area contributed by atoms with Crippen LogP contribution in [0, 0.1) is 5.82 Å². The molecule has 6 nitrogen and oxygen atoms in total. The van der Waals surface area contributed by atoms with Crippen molar-refractivity contribution < 1.29 is 4.39 Å². The van der Waals surface area contributed by atoms with Crippen LogP contribution in [0.3, 0.4) is 0 Å². The quantitative estimate of drug-likeness (QED) is 0.743. The zero-order chi connectivity index (χ0) is 19.2. The summed E-state index contributed by atoms with van der Waals surface area (Å²) >= 11 is 1.58. The molecule has 1 aromatic carbocycles. The summed E-state index contributed by atoms with van der Waals surface area (Å²) in [4.78, 5) is 10.2. The minimum Gasteiger partial charge on any atom is -0.364 e. The number of nitrogens with one attached hydrogen (secondary N) is 1. The van der Waals surface area contributed by atoms with E-state index >= 15 is 0 Å². The molecule has 4 rings (SSSR count). The summed E-state index contributed by atoms with van der Waals surface area (Å²) in [5.74, 6) is 0.538. The summed E-state index contributed by atoms with van der Waals surface area (Å²) in [6.07, 6.45) is 0. The van der Waals surface area contributed by atoms with Crippen molar-refractivity contribution in [3.05, 3.63) is 30.1 Å². The Bertz CT molecular complexity index is 949. The van der Waals surface area contributed by atoms with E-state index in [1.54, 1.807) is 17.4 Å². The predicted molar refractivity (Wildman–Crippen MR) is 109 cm³/mol. The van der Waals surface area contributed by atoms with Crippen LogP contribution in [-0.2, 0) is 0 Å². The van der Waals surface area contributed by atoms with Gasteiger partial charge < -0.3 is 15.1 Å². The zero-order valence-electron chi connectivity index (χ0n) is 16.2. The molecule has 1 aliphatic heterocycles. The fourth-order valence-corrected chi connectivity index (χ4v) is 4.12. The third-order valence-corrected chi connectivity index (χ3v) is 5.53. The smallest absolute Gasteiger partial charge is 0.216 e. The van der Waals surface area contributed by atoms with Crippen LogP contribution in [0.25, 0.3) is 16.2 Å². The van der Waals surface area contributed by atoms with E-state index in [2.05, 4.69) is 42.9 Å². The molecule has 0 radical (unpaired) electrons. The summed E-state index contributed by atoms with van der Waals surface area (Å²) in [6, 6.07) is 6.55. The lowest BCUT2D eigenvalue weighted by atomic mass is 10.1. The Morgan fingerprint density at radius 3 is 2.56 bits per heavy atom. The normalized spacial score (nSPS) is 16.3. The molecule has 1 aliphatic rings. The summed E-state index contributed by atoms with van der Waals surface area (Å²) < 4.78 is 15.6. The van der Waals surface area contributed by atoms with Gasteiger partial charge in [-0.15, -0.1) is 5.10 Å². The van der Waals surface area contributed by atoms with Gasteiger partial charge in [0.05, 0.1) is 0 Å². The highest BCUT2D eigenvalue weighted by molar-refractivity contribution is 7.20. The van der Waals surface area contributed by atoms with Crippen molar-refractivity contribution in [1.29, 1.82) is 0 Å². The molecular formula is C19H25FN6S. The highest BCUT2D eigenvalue weighted by Crippen LogP contribution is 2.35. The maximum Gasteiger partial charge on any atom is 0.216 e. The number of hydrogen-bond acceptors (Lipinski definition) is 6. The first-order valence-electron chi connectivity index (χ1n) is 9.17. The molecule has 27 heavy (non-hydrogen) atoms. The topological polar surface area (TPSA) is 48.7 Å². The van der Waals surface area contributed by atoms with Gasteiger partial charge in [-0.25, -0.2) is 9.37 Å². The molecule has 0 saturated carbocycles. The molecule has 2 aromatic heterocycles. The first-order chi connectivity index (χ1) is 12.8. The zero-order valence-corrected chi connectivity index (χ0v) is 17.0. The van der Waals surface area contributed by atoms with E-state index < -0.39 is 0 Å². The molecule has 0 spiro atoms. The molecule has 1 saturated heterocycles. The second-order valence-corrected chi connectivity index (χ2v) is 9.00. The van der Waals surface area contributed by atoms with Crippen LogP contribution in [-0.4, -0.2) is 58.3 Å². The number of rotatable bonds is 3. The highest BCUT2D eigenvalue weighted by atomic mass is 32.1. The summed E-state index contributed by atoms with van der Waals surface area (Å²) in [5, 5.41) is 9.33. The first kappa shape index (κ1) is 18.2. The second-order valence-electron chi connectivity index (χ2n) is 8.06. The number of hydrogen-bond donors (Lipinski definition) is 1. The van der Waals surface area contributed by atoms with Crippen molar-refractivity contribution in [1.82, 2.24) is 19.5 Å². The first-order valence-corrected chi connectivity index (χ1v) is 9.99. The maximum atomic E-state index is 13.8. The average molecular weight is 389 g/mol. The number of aromatic nitrogens is 3. The molecule has 1 fully saturated rings. The lowest BCUT2D eigenvalue weighted by Gasteiger charge is -2.31. The minimum atomic E-state index is -0.267. The Labute approximate surface area is 162 Å². The van der Waals surface area contributed by atoms with Crippen LogP contribution in [0.5, 0.6) is 0 Å². The predicted octanol–water partition coefficient (Wildman–Crippen LogP) is 3.56. The van der Waals surface area contributed by atoms with Crippen LogP contribution in [0.2, 0.25) is 0 Å². The van der Waals surface area contributed by atoms with Crippen molar-refractivity contribution in [2.24, 2.45) is 0 Å². The van der Waals surface area contributed by atoms with Crippen LogP contribution in [0.15, 0.2) is 24.3 Å². The van der Waals surface area contributed by atoms with E-state index in [1.807, 2.05) is 10.6 Å². The SMILES string of the molecule is CN1CCN(c2nn3c(NC(C)(C)C)c(-c4cccc(F)c4)nc3s2)CC1. The molecule has 144 valence electrons. The van der Waals surface area contributed by atoms with Gasteiger partial charge in [-0.2, -0.15) is 4.52 Å². The van der Waals surface area contributed by atoms with E-state index in [0.717, 1.165) is 53.3 Å². The number of benzene rings is 1. The molecule has 3 heterocycles. The third-order valence-electron chi connectivity index (χ3n) is 4.56. The Kier molecular flexibility index (Phi) is 4.55. The molecule has 0 aliphatic carbocycles. The summed E-state index contributed by atoms with van der Waals surface area (Å²) in [7, 11) is 2.14. The highest BCUT2D eigenvalue weighted by Gasteiger charge is 2.24. The molecule has 3 aromatic rings.